The molecule has 10 heteroatoms. The number of ether oxygens (including phenoxy) is 1. The molecule has 0 radical (unpaired) electrons. The van der Waals surface area contributed by atoms with Crippen molar-refractivity contribution >= 4 is 27.8 Å². The van der Waals surface area contributed by atoms with Crippen LogP contribution in [0.15, 0.2) is 18.2 Å². The van der Waals surface area contributed by atoms with Crippen LogP contribution in [0, 0.1) is 11.8 Å². The first kappa shape index (κ1) is 24.9. The summed E-state index contributed by atoms with van der Waals surface area (Å²) in [5.41, 5.74) is 2.14. The van der Waals surface area contributed by atoms with Crippen LogP contribution in [-0.4, -0.2) is 63.2 Å². The molecular formula is C23H28N2O7S. The highest BCUT2D eigenvalue weighted by Gasteiger charge is 2.38. The van der Waals surface area contributed by atoms with Gasteiger partial charge in [0.2, 0.25) is 11.8 Å². The summed E-state index contributed by atoms with van der Waals surface area (Å²) in [6, 6.07) is 4.72. The molecule has 1 aromatic rings. The minimum Gasteiger partial charge on any atom is -0.369 e. The number of benzene rings is 1. The molecule has 2 aliphatic heterocycles. The van der Waals surface area contributed by atoms with Crippen LogP contribution in [0.3, 0.4) is 0 Å². The molecule has 1 saturated heterocycles. The minimum atomic E-state index is -3.36. The van der Waals surface area contributed by atoms with E-state index in [0.29, 0.717) is 31.6 Å². The van der Waals surface area contributed by atoms with E-state index < -0.39 is 22.1 Å². The molecule has 2 aliphatic rings. The first-order valence-electron chi connectivity index (χ1n) is 10.9. The smallest absolute Gasteiger partial charge is 0.264 e. The summed E-state index contributed by atoms with van der Waals surface area (Å²) < 4.78 is 31.9. The van der Waals surface area contributed by atoms with E-state index in [9.17, 15) is 22.8 Å². The molecule has 0 saturated carbocycles. The molecule has 1 fully saturated rings. The second-order valence-electron chi connectivity index (χ2n) is 8.07. The van der Waals surface area contributed by atoms with Crippen LogP contribution in [0.25, 0.3) is 0 Å². The van der Waals surface area contributed by atoms with Crippen molar-refractivity contribution in [3.8, 4) is 11.8 Å². The number of hydrogen-bond acceptors (Lipinski definition) is 7. The Morgan fingerprint density at radius 3 is 2.61 bits per heavy atom. The normalized spacial score (nSPS) is 18.0. The summed E-state index contributed by atoms with van der Waals surface area (Å²) >= 11 is 0. The van der Waals surface area contributed by atoms with Gasteiger partial charge in [-0.05, 0) is 43.0 Å². The van der Waals surface area contributed by atoms with Crippen molar-refractivity contribution in [2.24, 2.45) is 0 Å². The van der Waals surface area contributed by atoms with Gasteiger partial charge < -0.3 is 9.64 Å². The Bertz CT molecular complexity index is 1070. The number of imide groups is 1. The van der Waals surface area contributed by atoms with Gasteiger partial charge in [-0.15, -0.1) is 0 Å². The number of unbranched alkanes of at least 4 members (excludes halogenated alkanes) is 3. The SMILES string of the molecule is CS(=O)(=O)OCCCCCCOCC#Cc1ccc2c(c1)CN(C1CCC(=O)NC1=O)C2=O. The maximum Gasteiger partial charge on any atom is 0.264 e. The van der Waals surface area contributed by atoms with Crippen LogP contribution in [0.4, 0.5) is 0 Å². The zero-order valence-corrected chi connectivity index (χ0v) is 19.4. The van der Waals surface area contributed by atoms with E-state index in [2.05, 4.69) is 21.3 Å². The van der Waals surface area contributed by atoms with Gasteiger partial charge in [0.25, 0.3) is 16.0 Å². The highest BCUT2D eigenvalue weighted by molar-refractivity contribution is 7.85. The minimum absolute atomic E-state index is 0.203. The maximum absolute atomic E-state index is 12.7. The van der Waals surface area contributed by atoms with Crippen LogP contribution >= 0.6 is 0 Å². The largest absolute Gasteiger partial charge is 0.369 e. The number of piperidine rings is 1. The Morgan fingerprint density at radius 2 is 1.88 bits per heavy atom. The van der Waals surface area contributed by atoms with Crippen molar-refractivity contribution in [1.82, 2.24) is 10.2 Å². The lowest BCUT2D eigenvalue weighted by Gasteiger charge is -2.29. The Hall–Kier alpha value is -2.74. The fraction of sp³-hybridized carbons (Fsp3) is 0.522. The van der Waals surface area contributed by atoms with Crippen molar-refractivity contribution in [1.29, 1.82) is 0 Å². The van der Waals surface area contributed by atoms with Crippen molar-refractivity contribution in [3.05, 3.63) is 34.9 Å². The third-order valence-electron chi connectivity index (χ3n) is 5.41. The molecule has 0 aromatic heterocycles. The van der Waals surface area contributed by atoms with Crippen LogP contribution in [0.2, 0.25) is 0 Å². The quantitative estimate of drug-likeness (QED) is 0.234. The number of nitrogens with zero attached hydrogens (tertiary/aromatic N) is 1. The summed E-state index contributed by atoms with van der Waals surface area (Å²) in [5, 5.41) is 2.30. The predicted octanol–water partition coefficient (Wildman–Crippen LogP) is 1.35. The van der Waals surface area contributed by atoms with Gasteiger partial charge in [-0.1, -0.05) is 24.7 Å². The lowest BCUT2D eigenvalue weighted by molar-refractivity contribution is -0.136. The highest BCUT2D eigenvalue weighted by atomic mass is 32.2. The average molecular weight is 477 g/mol. The fourth-order valence-electron chi connectivity index (χ4n) is 3.78. The first-order chi connectivity index (χ1) is 15.7. The molecule has 0 aliphatic carbocycles. The maximum atomic E-state index is 12.7. The van der Waals surface area contributed by atoms with Crippen LogP contribution in [-0.2, 0) is 35.2 Å². The molecule has 1 unspecified atom stereocenters. The van der Waals surface area contributed by atoms with E-state index >= 15 is 0 Å². The monoisotopic (exact) mass is 476 g/mol. The molecular weight excluding hydrogens is 448 g/mol. The second kappa shape index (κ2) is 11.4. The van der Waals surface area contributed by atoms with Gasteiger partial charge in [0, 0.05) is 30.7 Å². The zero-order valence-electron chi connectivity index (χ0n) is 18.6. The Balaban J connectivity index is 1.39. The molecule has 1 aromatic carbocycles. The van der Waals surface area contributed by atoms with Gasteiger partial charge in [-0.3, -0.25) is 23.9 Å². The van der Waals surface area contributed by atoms with E-state index in [1.807, 2.05) is 6.07 Å². The Kier molecular flexibility index (Phi) is 8.61. The summed E-state index contributed by atoms with van der Waals surface area (Å²) in [5.74, 6) is 5.05. The topological polar surface area (TPSA) is 119 Å². The fourth-order valence-corrected chi connectivity index (χ4v) is 4.20. The standard InChI is InChI=1S/C23H28N2O7S/c1-33(29,30)32-14-5-3-2-4-12-31-13-6-7-17-8-9-19-18(15-17)16-25(23(19)28)20-10-11-21(26)24-22(20)27/h8-9,15,20H,2-5,10-14,16H2,1H3,(H,24,26,27). The molecule has 9 nitrogen and oxygen atoms in total. The zero-order chi connectivity index (χ0) is 23.8. The number of hydrogen-bond donors (Lipinski definition) is 1. The molecule has 3 amide bonds. The summed E-state index contributed by atoms with van der Waals surface area (Å²) in [4.78, 5) is 37.7. The number of carbonyl (C=O) groups is 3. The molecule has 1 N–H and O–H groups in total. The van der Waals surface area contributed by atoms with Gasteiger partial charge in [0.1, 0.15) is 12.6 Å². The predicted molar refractivity (Wildman–Crippen MR) is 119 cm³/mol. The van der Waals surface area contributed by atoms with Gasteiger partial charge in [0.15, 0.2) is 0 Å². The number of carbonyl (C=O) groups excluding carboxylic acids is 3. The second-order valence-corrected chi connectivity index (χ2v) is 9.71. The summed E-state index contributed by atoms with van der Waals surface area (Å²) in [6.45, 7) is 1.39. The number of amides is 3. The van der Waals surface area contributed by atoms with Crippen molar-refractivity contribution < 1.29 is 31.7 Å². The van der Waals surface area contributed by atoms with Crippen LogP contribution in [0.5, 0.6) is 0 Å². The molecule has 2 heterocycles. The first-order valence-corrected chi connectivity index (χ1v) is 12.7. The van der Waals surface area contributed by atoms with E-state index in [4.69, 9.17) is 4.74 Å². The summed E-state index contributed by atoms with van der Waals surface area (Å²) in [6.07, 6.45) is 4.94. The third kappa shape index (κ3) is 7.39. The van der Waals surface area contributed by atoms with Crippen LogP contribution < -0.4 is 5.32 Å². The number of rotatable bonds is 10. The molecule has 33 heavy (non-hydrogen) atoms. The van der Waals surface area contributed by atoms with Gasteiger partial charge in [0.05, 0.1) is 12.9 Å². The average Bonchev–Trinajstić information content (AvgIpc) is 3.07. The molecule has 0 spiro atoms. The highest BCUT2D eigenvalue weighted by Crippen LogP contribution is 2.28. The molecule has 0 bridgehead atoms. The van der Waals surface area contributed by atoms with Gasteiger partial charge in [-0.25, -0.2) is 0 Å². The molecule has 1 atom stereocenters. The van der Waals surface area contributed by atoms with E-state index in [1.54, 1.807) is 12.1 Å². The number of fused-ring (bicyclic) bond motifs is 1. The van der Waals surface area contributed by atoms with E-state index in [-0.39, 0.29) is 31.4 Å². The third-order valence-corrected chi connectivity index (χ3v) is 6.01. The van der Waals surface area contributed by atoms with E-state index in [0.717, 1.165) is 36.6 Å². The number of nitrogens with one attached hydrogen (secondary N) is 1. The van der Waals surface area contributed by atoms with Crippen molar-refractivity contribution in [3.63, 3.8) is 0 Å². The Morgan fingerprint density at radius 1 is 1.12 bits per heavy atom. The lowest BCUT2D eigenvalue weighted by Crippen LogP contribution is -2.52. The van der Waals surface area contributed by atoms with Crippen molar-refractivity contribution in [2.75, 3.05) is 26.1 Å². The van der Waals surface area contributed by atoms with Crippen LogP contribution in [0.1, 0.15) is 60.0 Å². The summed E-state index contributed by atoms with van der Waals surface area (Å²) in [7, 11) is -3.36. The van der Waals surface area contributed by atoms with Gasteiger partial charge >= 0.3 is 0 Å². The molecule has 178 valence electrons. The lowest BCUT2D eigenvalue weighted by atomic mass is 10.0. The Labute approximate surface area is 193 Å². The molecule has 3 rings (SSSR count). The van der Waals surface area contributed by atoms with Gasteiger partial charge in [-0.2, -0.15) is 8.42 Å². The van der Waals surface area contributed by atoms with Crippen molar-refractivity contribution in [2.45, 2.75) is 51.1 Å². The van der Waals surface area contributed by atoms with E-state index in [1.165, 1.54) is 4.90 Å².